The molecule has 0 aromatic heterocycles. The van der Waals surface area contributed by atoms with Gasteiger partial charge in [-0.05, 0) is 45.6 Å². The maximum atomic E-state index is 13.4. The molecule has 1 aliphatic rings. The standard InChI is InChI=1S/C22H34BrN3O5S/c1-22(2,3)31-21(28)25-19(15-17-9-5-4-6-10-17)20(27)26-13-7-11-18(26)16-24-32(29,30)14-8-12-23/h4-6,9-10,18-19,24H,7-8,11-16H2,1-3H3,(H,25,28)/t18-,19+/m0/s1. The molecule has 2 N–H and O–H groups in total. The molecular formula is C22H34BrN3O5S. The normalized spacial score (nSPS) is 17.8. The van der Waals surface area contributed by atoms with E-state index in [0.29, 0.717) is 31.1 Å². The summed E-state index contributed by atoms with van der Waals surface area (Å²) in [6.45, 7) is 5.98. The maximum Gasteiger partial charge on any atom is 0.408 e. The third kappa shape index (κ3) is 9.07. The van der Waals surface area contributed by atoms with Crippen LogP contribution in [-0.2, 0) is 26.0 Å². The number of benzene rings is 1. The van der Waals surface area contributed by atoms with Crippen molar-refractivity contribution in [1.29, 1.82) is 0 Å². The van der Waals surface area contributed by atoms with Gasteiger partial charge in [0.25, 0.3) is 0 Å². The van der Waals surface area contributed by atoms with Crippen molar-refractivity contribution in [3.63, 3.8) is 0 Å². The van der Waals surface area contributed by atoms with E-state index in [9.17, 15) is 18.0 Å². The van der Waals surface area contributed by atoms with Crippen LogP contribution in [0.4, 0.5) is 4.79 Å². The molecule has 32 heavy (non-hydrogen) atoms. The van der Waals surface area contributed by atoms with Crippen LogP contribution in [0.1, 0.15) is 45.6 Å². The molecule has 2 atom stereocenters. The van der Waals surface area contributed by atoms with E-state index >= 15 is 0 Å². The Morgan fingerprint density at radius 3 is 2.56 bits per heavy atom. The number of hydrogen-bond donors (Lipinski definition) is 2. The Bertz CT molecular complexity index is 858. The highest BCUT2D eigenvalue weighted by molar-refractivity contribution is 9.09. The van der Waals surface area contributed by atoms with Crippen molar-refractivity contribution in [2.75, 3.05) is 24.2 Å². The van der Waals surface area contributed by atoms with Gasteiger partial charge in [-0.2, -0.15) is 0 Å². The zero-order valence-corrected chi connectivity index (χ0v) is 21.4. The Balaban J connectivity index is 2.11. The average molecular weight is 533 g/mol. The second-order valence-corrected chi connectivity index (χ2v) is 11.6. The number of likely N-dealkylation sites (tertiary alicyclic amines) is 1. The molecule has 8 nitrogen and oxygen atoms in total. The van der Waals surface area contributed by atoms with Gasteiger partial charge in [0.15, 0.2) is 0 Å². The fraction of sp³-hybridized carbons (Fsp3) is 0.636. The van der Waals surface area contributed by atoms with Crippen molar-refractivity contribution in [1.82, 2.24) is 14.9 Å². The van der Waals surface area contributed by atoms with E-state index in [4.69, 9.17) is 4.74 Å². The first-order valence-corrected chi connectivity index (χ1v) is 13.7. The van der Waals surface area contributed by atoms with E-state index in [0.717, 1.165) is 12.0 Å². The molecule has 0 aliphatic carbocycles. The van der Waals surface area contributed by atoms with Crippen molar-refractivity contribution in [2.45, 2.75) is 64.1 Å². The Labute approximate surface area is 199 Å². The van der Waals surface area contributed by atoms with Gasteiger partial charge in [0.05, 0.1) is 5.75 Å². The summed E-state index contributed by atoms with van der Waals surface area (Å²) in [5.41, 5.74) is 0.224. The third-order valence-electron chi connectivity index (χ3n) is 5.02. The van der Waals surface area contributed by atoms with E-state index in [2.05, 4.69) is 26.0 Å². The molecule has 1 fully saturated rings. The number of carbonyl (C=O) groups excluding carboxylic acids is 2. The number of alkyl halides is 1. The fourth-order valence-electron chi connectivity index (χ4n) is 3.58. The average Bonchev–Trinajstić information content (AvgIpc) is 3.18. The van der Waals surface area contributed by atoms with E-state index in [-0.39, 0.29) is 24.2 Å². The smallest absolute Gasteiger partial charge is 0.408 e. The first-order chi connectivity index (χ1) is 15.0. The van der Waals surface area contributed by atoms with Crippen molar-refractivity contribution in [2.24, 2.45) is 0 Å². The SMILES string of the molecule is CC(C)(C)OC(=O)N[C@H](Cc1ccccc1)C(=O)N1CCC[C@H]1CNS(=O)(=O)CCCBr. The Morgan fingerprint density at radius 2 is 1.94 bits per heavy atom. The summed E-state index contributed by atoms with van der Waals surface area (Å²) in [7, 11) is -3.40. The van der Waals surface area contributed by atoms with Crippen molar-refractivity contribution in [3.05, 3.63) is 35.9 Å². The predicted molar refractivity (Wildman–Crippen MR) is 128 cm³/mol. The topological polar surface area (TPSA) is 105 Å². The van der Waals surface area contributed by atoms with Crippen LogP contribution in [0, 0.1) is 0 Å². The van der Waals surface area contributed by atoms with Gasteiger partial charge in [-0.1, -0.05) is 46.3 Å². The molecule has 1 saturated heterocycles. The lowest BCUT2D eigenvalue weighted by atomic mass is 10.0. The summed E-state index contributed by atoms with van der Waals surface area (Å²) in [4.78, 5) is 27.5. The second kappa shape index (κ2) is 12.0. The van der Waals surface area contributed by atoms with E-state index in [1.807, 2.05) is 30.3 Å². The van der Waals surface area contributed by atoms with Crippen LogP contribution in [-0.4, -0.2) is 67.2 Å². The highest BCUT2D eigenvalue weighted by atomic mass is 79.9. The van der Waals surface area contributed by atoms with Gasteiger partial charge in [0.2, 0.25) is 15.9 Å². The number of sulfonamides is 1. The molecule has 2 rings (SSSR count). The summed E-state index contributed by atoms with van der Waals surface area (Å²) >= 11 is 3.24. The number of amides is 2. The minimum atomic E-state index is -3.40. The van der Waals surface area contributed by atoms with Gasteiger partial charge < -0.3 is 15.0 Å². The molecule has 0 saturated carbocycles. The van der Waals surface area contributed by atoms with Crippen LogP contribution in [0.3, 0.4) is 0 Å². The fourth-order valence-corrected chi connectivity index (χ4v) is 5.34. The van der Waals surface area contributed by atoms with Gasteiger partial charge >= 0.3 is 6.09 Å². The number of hydrogen-bond acceptors (Lipinski definition) is 5. The van der Waals surface area contributed by atoms with Gasteiger partial charge in [-0.25, -0.2) is 17.9 Å². The minimum absolute atomic E-state index is 0.0374. The molecule has 0 bridgehead atoms. The molecule has 1 aromatic carbocycles. The maximum absolute atomic E-state index is 13.4. The Hall–Kier alpha value is -1.65. The number of ether oxygens (including phenoxy) is 1. The van der Waals surface area contributed by atoms with Gasteiger partial charge in [0, 0.05) is 30.9 Å². The molecule has 1 heterocycles. The molecule has 2 amide bonds. The second-order valence-electron chi connectivity index (χ2n) is 8.93. The number of alkyl carbamates (subject to hydrolysis) is 1. The zero-order chi connectivity index (χ0) is 23.8. The summed E-state index contributed by atoms with van der Waals surface area (Å²) < 4.78 is 32.3. The lowest BCUT2D eigenvalue weighted by Gasteiger charge is -2.30. The van der Waals surface area contributed by atoms with E-state index in [1.54, 1.807) is 25.7 Å². The number of nitrogens with zero attached hydrogens (tertiary/aromatic N) is 1. The van der Waals surface area contributed by atoms with Crippen molar-refractivity contribution < 1.29 is 22.7 Å². The largest absolute Gasteiger partial charge is 0.444 e. The Kier molecular flexibility index (Phi) is 9.97. The monoisotopic (exact) mass is 531 g/mol. The highest BCUT2D eigenvalue weighted by Crippen LogP contribution is 2.20. The molecular weight excluding hydrogens is 498 g/mol. The van der Waals surface area contributed by atoms with Crippen LogP contribution < -0.4 is 10.0 Å². The molecule has 0 spiro atoms. The number of nitrogens with one attached hydrogen (secondary N) is 2. The van der Waals surface area contributed by atoms with Crippen LogP contribution >= 0.6 is 15.9 Å². The molecule has 1 aliphatic heterocycles. The molecule has 1 aromatic rings. The number of carbonyl (C=O) groups is 2. The van der Waals surface area contributed by atoms with Gasteiger partial charge in [0.1, 0.15) is 11.6 Å². The summed E-state index contributed by atoms with van der Waals surface area (Å²) in [5.74, 6) is -0.197. The lowest BCUT2D eigenvalue weighted by molar-refractivity contribution is -0.134. The van der Waals surface area contributed by atoms with Crippen LogP contribution in [0.25, 0.3) is 0 Å². The quantitative estimate of drug-likeness (QED) is 0.451. The summed E-state index contributed by atoms with van der Waals surface area (Å²) in [6, 6.07) is 8.39. The molecule has 180 valence electrons. The minimum Gasteiger partial charge on any atom is -0.444 e. The van der Waals surface area contributed by atoms with Crippen molar-refractivity contribution >= 4 is 38.0 Å². The Morgan fingerprint density at radius 1 is 1.25 bits per heavy atom. The number of halogens is 1. The van der Waals surface area contributed by atoms with Crippen molar-refractivity contribution in [3.8, 4) is 0 Å². The van der Waals surface area contributed by atoms with Gasteiger partial charge in [-0.3, -0.25) is 4.79 Å². The summed E-state index contributed by atoms with van der Waals surface area (Å²) in [6.07, 6.45) is 1.67. The molecule has 0 unspecified atom stereocenters. The third-order valence-corrected chi connectivity index (χ3v) is 7.01. The highest BCUT2D eigenvalue weighted by Gasteiger charge is 2.35. The van der Waals surface area contributed by atoms with Gasteiger partial charge in [-0.15, -0.1) is 0 Å². The number of rotatable bonds is 10. The lowest BCUT2D eigenvalue weighted by Crippen LogP contribution is -2.53. The van der Waals surface area contributed by atoms with E-state index in [1.165, 1.54) is 0 Å². The molecule has 0 radical (unpaired) electrons. The van der Waals surface area contributed by atoms with Crippen LogP contribution in [0.15, 0.2) is 30.3 Å². The predicted octanol–water partition coefficient (Wildman–Crippen LogP) is 2.82. The van der Waals surface area contributed by atoms with Crippen LogP contribution in [0.2, 0.25) is 0 Å². The van der Waals surface area contributed by atoms with Crippen LogP contribution in [0.5, 0.6) is 0 Å². The van der Waals surface area contributed by atoms with E-state index < -0.39 is 27.8 Å². The zero-order valence-electron chi connectivity index (χ0n) is 19.0. The molecule has 10 heteroatoms. The summed E-state index contributed by atoms with van der Waals surface area (Å²) in [5, 5.41) is 3.33. The first-order valence-electron chi connectivity index (χ1n) is 10.9. The first kappa shape index (κ1) is 26.6.